The van der Waals surface area contributed by atoms with Gasteiger partial charge in [-0.3, -0.25) is 0 Å². The molecule has 0 bridgehead atoms. The summed E-state index contributed by atoms with van der Waals surface area (Å²) in [5.74, 6) is 0. The second kappa shape index (κ2) is 11.0. The van der Waals surface area contributed by atoms with Crippen molar-refractivity contribution in [1.29, 1.82) is 0 Å². The van der Waals surface area contributed by atoms with E-state index in [0.717, 1.165) is 17.1 Å². The molecule has 11 rings (SSSR count). The number of rotatable bonds is 4. The van der Waals surface area contributed by atoms with Gasteiger partial charge in [0.25, 0.3) is 0 Å². The number of hydrogen-bond acceptors (Lipinski definition) is 2. The summed E-state index contributed by atoms with van der Waals surface area (Å²) in [6.45, 7) is 0. The minimum absolute atomic E-state index is 1.12. The molecule has 0 N–H and O–H groups in total. The fourth-order valence-corrected chi connectivity index (χ4v) is 9.46. The van der Waals surface area contributed by atoms with E-state index < -0.39 is 0 Å². The van der Waals surface area contributed by atoms with E-state index in [4.69, 9.17) is 0 Å². The fourth-order valence-electron chi connectivity index (χ4n) is 8.12. The van der Waals surface area contributed by atoms with E-state index in [1.807, 2.05) is 11.3 Å². The summed E-state index contributed by atoms with van der Waals surface area (Å²) in [6, 6.07) is 66.8. The molecule has 2 heterocycles. The van der Waals surface area contributed by atoms with E-state index in [-0.39, 0.29) is 0 Å². The second-order valence-electron chi connectivity index (χ2n) is 13.4. The summed E-state index contributed by atoms with van der Waals surface area (Å²) in [7, 11) is 0. The molecule has 0 unspecified atom stereocenters. The van der Waals surface area contributed by atoms with Crippen LogP contribution in [-0.4, -0.2) is 4.57 Å². The van der Waals surface area contributed by atoms with Crippen molar-refractivity contribution in [3.8, 4) is 5.69 Å². The second-order valence-corrected chi connectivity index (χ2v) is 14.4. The highest BCUT2D eigenvalue weighted by Crippen LogP contribution is 2.47. The molecule has 51 heavy (non-hydrogen) atoms. The molecule has 0 saturated heterocycles. The lowest BCUT2D eigenvalue weighted by atomic mass is 10.0. The third kappa shape index (κ3) is 4.35. The van der Waals surface area contributed by atoms with Crippen LogP contribution in [0.2, 0.25) is 0 Å². The van der Waals surface area contributed by atoms with Gasteiger partial charge in [-0.25, -0.2) is 0 Å². The summed E-state index contributed by atoms with van der Waals surface area (Å²) in [5.41, 5.74) is 6.99. The average molecular weight is 667 g/mol. The number of benzene rings is 9. The molecule has 0 aliphatic heterocycles. The highest BCUT2D eigenvalue weighted by Gasteiger charge is 2.21. The highest BCUT2D eigenvalue weighted by atomic mass is 32.1. The Morgan fingerprint density at radius 1 is 0.353 bits per heavy atom. The minimum Gasteiger partial charge on any atom is -0.309 e. The molecule has 3 heteroatoms. The Balaban J connectivity index is 1.21. The Morgan fingerprint density at radius 2 is 0.980 bits per heavy atom. The molecule has 238 valence electrons. The van der Waals surface area contributed by atoms with Gasteiger partial charge in [0.15, 0.2) is 0 Å². The summed E-state index contributed by atoms with van der Waals surface area (Å²) < 4.78 is 5.08. The van der Waals surface area contributed by atoms with E-state index in [2.05, 4.69) is 191 Å². The first-order valence-corrected chi connectivity index (χ1v) is 18.2. The summed E-state index contributed by atoms with van der Waals surface area (Å²) in [6.07, 6.45) is 0. The van der Waals surface area contributed by atoms with Crippen LogP contribution < -0.4 is 4.90 Å². The van der Waals surface area contributed by atoms with Crippen molar-refractivity contribution in [1.82, 2.24) is 4.57 Å². The van der Waals surface area contributed by atoms with Crippen LogP contribution in [0, 0.1) is 0 Å². The third-order valence-corrected chi connectivity index (χ3v) is 11.8. The van der Waals surface area contributed by atoms with E-state index >= 15 is 0 Å². The van der Waals surface area contributed by atoms with Gasteiger partial charge in [-0.2, -0.15) is 0 Å². The number of hydrogen-bond donors (Lipinski definition) is 0. The van der Waals surface area contributed by atoms with Crippen LogP contribution in [0.25, 0.3) is 80.0 Å². The first kappa shape index (κ1) is 28.4. The Kier molecular flexibility index (Phi) is 6.16. The first-order chi connectivity index (χ1) is 25.3. The maximum atomic E-state index is 2.46. The fraction of sp³-hybridized carbons (Fsp3) is 0. The molecule has 0 spiro atoms. The van der Waals surface area contributed by atoms with Gasteiger partial charge in [-0.05, 0) is 86.9 Å². The molecule has 0 aliphatic rings. The van der Waals surface area contributed by atoms with Gasteiger partial charge in [0.2, 0.25) is 0 Å². The van der Waals surface area contributed by atoms with Gasteiger partial charge < -0.3 is 9.47 Å². The van der Waals surface area contributed by atoms with Crippen molar-refractivity contribution in [3.05, 3.63) is 182 Å². The van der Waals surface area contributed by atoms with E-state index in [1.165, 1.54) is 80.0 Å². The predicted octanol–water partition coefficient (Wildman–Crippen LogP) is 14.1. The molecule has 11 aromatic rings. The standard InChI is InChI=1S/C48H30N2S/c1-2-16-36(17-3-1)49(44-20-10-19-41-42-25-22-32-12-8-9-18-39(32)47(42)51-48(41)44)38-24-26-40-43-28-34-14-6-7-15-35(34)29-45(43)50(46(40)30-38)37-23-21-31-11-4-5-13-33(31)27-37/h1-30H. The van der Waals surface area contributed by atoms with Gasteiger partial charge in [0.1, 0.15) is 0 Å². The molecular formula is C48H30N2S. The van der Waals surface area contributed by atoms with E-state index in [9.17, 15) is 0 Å². The van der Waals surface area contributed by atoms with Crippen LogP contribution >= 0.6 is 11.3 Å². The molecule has 0 amide bonds. The Labute approximate surface area is 298 Å². The first-order valence-electron chi connectivity index (χ1n) is 17.4. The van der Waals surface area contributed by atoms with E-state index in [0.29, 0.717) is 0 Å². The zero-order valence-corrected chi connectivity index (χ0v) is 28.4. The lowest BCUT2D eigenvalue weighted by Gasteiger charge is -2.26. The number of nitrogens with zero attached hydrogens (tertiary/aromatic N) is 2. The number of fused-ring (bicyclic) bond motifs is 10. The molecule has 0 atom stereocenters. The largest absolute Gasteiger partial charge is 0.309 e. The molecule has 0 aliphatic carbocycles. The average Bonchev–Trinajstić information content (AvgIpc) is 3.73. The van der Waals surface area contributed by atoms with Gasteiger partial charge in [0.05, 0.1) is 21.4 Å². The number of thiophene rings is 1. The Hall–Kier alpha value is -6.42. The summed E-state index contributed by atoms with van der Waals surface area (Å²) in [4.78, 5) is 2.44. The van der Waals surface area contributed by atoms with Crippen LogP contribution in [0.5, 0.6) is 0 Å². The van der Waals surface area contributed by atoms with Crippen LogP contribution in [-0.2, 0) is 0 Å². The number of aromatic nitrogens is 1. The Morgan fingerprint density at radius 3 is 1.82 bits per heavy atom. The molecule has 0 saturated carbocycles. The quantitative estimate of drug-likeness (QED) is 0.181. The molecular weight excluding hydrogens is 637 g/mol. The van der Waals surface area contributed by atoms with Crippen LogP contribution in [0.15, 0.2) is 182 Å². The van der Waals surface area contributed by atoms with Crippen molar-refractivity contribution in [3.63, 3.8) is 0 Å². The smallest absolute Gasteiger partial charge is 0.0640 e. The lowest BCUT2D eigenvalue weighted by Crippen LogP contribution is -2.10. The molecule has 2 nitrogen and oxygen atoms in total. The van der Waals surface area contributed by atoms with Gasteiger partial charge in [-0.1, -0.05) is 127 Å². The van der Waals surface area contributed by atoms with Crippen molar-refractivity contribution in [2.75, 3.05) is 4.90 Å². The molecule has 2 aromatic heterocycles. The maximum Gasteiger partial charge on any atom is 0.0640 e. The zero-order valence-electron chi connectivity index (χ0n) is 27.6. The normalized spacial score (nSPS) is 11.9. The van der Waals surface area contributed by atoms with Crippen molar-refractivity contribution in [2.24, 2.45) is 0 Å². The molecule has 0 radical (unpaired) electrons. The maximum absolute atomic E-state index is 2.46. The third-order valence-electron chi connectivity index (χ3n) is 10.5. The van der Waals surface area contributed by atoms with Gasteiger partial charge in [-0.15, -0.1) is 11.3 Å². The van der Waals surface area contributed by atoms with Crippen LogP contribution in [0.4, 0.5) is 17.1 Å². The lowest BCUT2D eigenvalue weighted by molar-refractivity contribution is 1.18. The van der Waals surface area contributed by atoms with Crippen LogP contribution in [0.3, 0.4) is 0 Å². The van der Waals surface area contributed by atoms with Crippen LogP contribution in [0.1, 0.15) is 0 Å². The van der Waals surface area contributed by atoms with Crippen molar-refractivity contribution >= 4 is 103 Å². The molecule has 0 fully saturated rings. The topological polar surface area (TPSA) is 8.17 Å². The summed E-state index contributed by atoms with van der Waals surface area (Å²) in [5, 5.41) is 12.6. The van der Waals surface area contributed by atoms with Crippen molar-refractivity contribution in [2.45, 2.75) is 0 Å². The van der Waals surface area contributed by atoms with Gasteiger partial charge in [0, 0.05) is 43.3 Å². The zero-order chi connectivity index (χ0) is 33.5. The van der Waals surface area contributed by atoms with Gasteiger partial charge >= 0.3 is 0 Å². The molecule has 9 aromatic carbocycles. The number of anilines is 3. The minimum atomic E-state index is 1.12. The summed E-state index contributed by atoms with van der Waals surface area (Å²) >= 11 is 1.90. The monoisotopic (exact) mass is 666 g/mol. The SMILES string of the molecule is c1ccc(N(c2ccc3c4cc5ccccc5cc4n(-c4ccc5ccccc5c4)c3c2)c2cccc3c2sc2c4ccccc4ccc32)cc1. The highest BCUT2D eigenvalue weighted by molar-refractivity contribution is 7.27. The van der Waals surface area contributed by atoms with Crippen molar-refractivity contribution < 1.29 is 0 Å². The van der Waals surface area contributed by atoms with E-state index in [1.54, 1.807) is 0 Å². The predicted molar refractivity (Wildman–Crippen MR) is 221 cm³/mol. The Bertz CT molecular complexity index is 3150. The number of para-hydroxylation sites is 1.